The van der Waals surface area contributed by atoms with Crippen LogP contribution in [0.5, 0.6) is 5.75 Å². The van der Waals surface area contributed by atoms with Crippen molar-refractivity contribution in [3.05, 3.63) is 29.3 Å². The molecule has 3 nitrogen and oxygen atoms in total. The van der Waals surface area contributed by atoms with Crippen LogP contribution in [0.2, 0.25) is 0 Å². The van der Waals surface area contributed by atoms with Gasteiger partial charge in [-0.05, 0) is 48.8 Å². The fourth-order valence-corrected chi connectivity index (χ4v) is 2.30. The Balaban J connectivity index is 2.00. The zero-order chi connectivity index (χ0) is 13.3. The SMILES string of the molecule is Cc1ccc(C(=O)NCC2(C(C)C)CC2)c(O)c1. The van der Waals surface area contributed by atoms with E-state index in [-0.39, 0.29) is 17.1 Å². The van der Waals surface area contributed by atoms with E-state index in [1.54, 1.807) is 12.1 Å². The Kier molecular flexibility index (Phi) is 3.33. The van der Waals surface area contributed by atoms with Crippen LogP contribution in [0.4, 0.5) is 0 Å². The third-order valence-electron chi connectivity index (χ3n) is 4.12. The van der Waals surface area contributed by atoms with Crippen LogP contribution < -0.4 is 5.32 Å². The molecule has 0 spiro atoms. The second-order valence-corrected chi connectivity index (χ2v) is 5.72. The first-order chi connectivity index (χ1) is 8.44. The van der Waals surface area contributed by atoms with E-state index in [4.69, 9.17) is 0 Å². The van der Waals surface area contributed by atoms with E-state index < -0.39 is 0 Å². The fraction of sp³-hybridized carbons (Fsp3) is 0.533. The maximum atomic E-state index is 12.0. The summed E-state index contributed by atoms with van der Waals surface area (Å²) in [5.74, 6) is 0.464. The first-order valence-electron chi connectivity index (χ1n) is 6.52. The second-order valence-electron chi connectivity index (χ2n) is 5.72. The minimum absolute atomic E-state index is 0.0573. The first-order valence-corrected chi connectivity index (χ1v) is 6.52. The van der Waals surface area contributed by atoms with Gasteiger partial charge in [0.2, 0.25) is 0 Å². The van der Waals surface area contributed by atoms with Gasteiger partial charge in [-0.25, -0.2) is 0 Å². The van der Waals surface area contributed by atoms with Crippen LogP contribution in [0.1, 0.15) is 42.6 Å². The Morgan fingerprint density at radius 3 is 2.61 bits per heavy atom. The van der Waals surface area contributed by atoms with Gasteiger partial charge in [0.1, 0.15) is 5.75 Å². The lowest BCUT2D eigenvalue weighted by molar-refractivity contribution is 0.0937. The van der Waals surface area contributed by atoms with Crippen molar-refractivity contribution >= 4 is 5.91 Å². The molecule has 0 heterocycles. The van der Waals surface area contributed by atoms with E-state index in [2.05, 4.69) is 19.2 Å². The third-order valence-corrected chi connectivity index (χ3v) is 4.12. The average Bonchev–Trinajstić information content (AvgIpc) is 3.07. The predicted molar refractivity (Wildman–Crippen MR) is 71.7 cm³/mol. The van der Waals surface area contributed by atoms with Crippen LogP contribution in [0, 0.1) is 18.3 Å². The quantitative estimate of drug-likeness (QED) is 0.859. The molecule has 2 N–H and O–H groups in total. The third kappa shape index (κ3) is 2.50. The van der Waals surface area contributed by atoms with E-state index in [1.165, 1.54) is 12.8 Å². The van der Waals surface area contributed by atoms with Crippen molar-refractivity contribution in [2.75, 3.05) is 6.54 Å². The molecule has 0 aliphatic heterocycles. The fourth-order valence-electron chi connectivity index (χ4n) is 2.30. The van der Waals surface area contributed by atoms with Gasteiger partial charge in [0.05, 0.1) is 5.56 Å². The monoisotopic (exact) mass is 247 g/mol. The minimum Gasteiger partial charge on any atom is -0.507 e. The number of carbonyl (C=O) groups is 1. The molecule has 1 saturated carbocycles. The number of aryl methyl sites for hydroxylation is 1. The molecule has 0 radical (unpaired) electrons. The predicted octanol–water partition coefficient (Wildman–Crippen LogP) is 2.87. The van der Waals surface area contributed by atoms with Gasteiger partial charge in [0.15, 0.2) is 0 Å². The number of aromatic hydroxyl groups is 1. The average molecular weight is 247 g/mol. The van der Waals surface area contributed by atoms with Crippen LogP contribution in [0.3, 0.4) is 0 Å². The van der Waals surface area contributed by atoms with Crippen molar-refractivity contribution in [3.8, 4) is 5.75 Å². The highest BCUT2D eigenvalue weighted by Gasteiger charge is 2.45. The van der Waals surface area contributed by atoms with Crippen LogP contribution in [-0.4, -0.2) is 17.6 Å². The largest absolute Gasteiger partial charge is 0.507 e. The maximum absolute atomic E-state index is 12.0. The van der Waals surface area contributed by atoms with Gasteiger partial charge in [0, 0.05) is 6.54 Å². The van der Waals surface area contributed by atoms with E-state index in [1.807, 2.05) is 13.0 Å². The molecule has 1 aromatic carbocycles. The summed E-state index contributed by atoms with van der Waals surface area (Å²) in [6.07, 6.45) is 2.37. The lowest BCUT2D eigenvalue weighted by Gasteiger charge is -2.20. The Labute approximate surface area is 108 Å². The number of benzene rings is 1. The molecular formula is C15H21NO2. The number of phenols is 1. The Morgan fingerprint density at radius 2 is 2.11 bits per heavy atom. The molecule has 3 heteroatoms. The lowest BCUT2D eigenvalue weighted by atomic mass is 9.92. The Morgan fingerprint density at radius 1 is 1.44 bits per heavy atom. The Hall–Kier alpha value is -1.51. The van der Waals surface area contributed by atoms with E-state index in [0.717, 1.165) is 5.56 Å². The Bertz CT molecular complexity index is 462. The molecular weight excluding hydrogens is 226 g/mol. The molecule has 1 aliphatic carbocycles. The number of carbonyl (C=O) groups excluding carboxylic acids is 1. The highest BCUT2D eigenvalue weighted by atomic mass is 16.3. The number of phenolic OH excluding ortho intramolecular Hbond substituents is 1. The summed E-state index contributed by atoms with van der Waals surface area (Å²) >= 11 is 0. The van der Waals surface area contributed by atoms with Gasteiger partial charge in [-0.15, -0.1) is 0 Å². The molecule has 98 valence electrons. The van der Waals surface area contributed by atoms with Gasteiger partial charge in [-0.3, -0.25) is 4.79 Å². The number of nitrogens with one attached hydrogen (secondary N) is 1. The van der Waals surface area contributed by atoms with Crippen LogP contribution in [-0.2, 0) is 0 Å². The lowest BCUT2D eigenvalue weighted by Crippen LogP contribution is -2.32. The van der Waals surface area contributed by atoms with Crippen molar-refractivity contribution < 1.29 is 9.90 Å². The molecule has 1 amide bonds. The molecule has 1 aliphatic rings. The molecule has 0 atom stereocenters. The number of rotatable bonds is 4. The first kappa shape index (κ1) is 12.9. The van der Waals surface area contributed by atoms with Gasteiger partial charge in [-0.2, -0.15) is 0 Å². The zero-order valence-corrected chi connectivity index (χ0v) is 11.3. The van der Waals surface area contributed by atoms with Gasteiger partial charge in [-0.1, -0.05) is 19.9 Å². The summed E-state index contributed by atoms with van der Waals surface area (Å²) in [5, 5.41) is 12.7. The summed E-state index contributed by atoms with van der Waals surface area (Å²) < 4.78 is 0. The van der Waals surface area contributed by atoms with Crippen LogP contribution in [0.25, 0.3) is 0 Å². The van der Waals surface area contributed by atoms with Crippen molar-refractivity contribution in [2.24, 2.45) is 11.3 Å². The summed E-state index contributed by atoms with van der Waals surface area (Å²) in [7, 11) is 0. The molecule has 1 aromatic rings. The number of hydrogen-bond donors (Lipinski definition) is 2. The molecule has 1 fully saturated rings. The summed E-state index contributed by atoms with van der Waals surface area (Å²) in [6.45, 7) is 6.99. The molecule has 18 heavy (non-hydrogen) atoms. The highest BCUT2D eigenvalue weighted by Crippen LogP contribution is 2.51. The van der Waals surface area contributed by atoms with E-state index in [0.29, 0.717) is 18.0 Å². The zero-order valence-electron chi connectivity index (χ0n) is 11.3. The van der Waals surface area contributed by atoms with Gasteiger partial charge >= 0.3 is 0 Å². The van der Waals surface area contributed by atoms with Crippen LogP contribution in [0.15, 0.2) is 18.2 Å². The van der Waals surface area contributed by atoms with Crippen molar-refractivity contribution in [1.82, 2.24) is 5.32 Å². The van der Waals surface area contributed by atoms with Gasteiger partial charge < -0.3 is 10.4 Å². The van der Waals surface area contributed by atoms with Crippen LogP contribution >= 0.6 is 0 Å². The standard InChI is InChI=1S/C15H21NO2/c1-10(2)15(6-7-15)9-16-14(18)12-5-4-11(3)8-13(12)17/h4-5,8,10,17H,6-7,9H2,1-3H3,(H,16,18). The van der Waals surface area contributed by atoms with Crippen molar-refractivity contribution in [1.29, 1.82) is 0 Å². The summed E-state index contributed by atoms with van der Waals surface area (Å²) in [4.78, 5) is 12.0. The minimum atomic E-state index is -0.181. The topological polar surface area (TPSA) is 49.3 Å². The normalized spacial score (nSPS) is 16.7. The molecule has 2 rings (SSSR count). The van der Waals surface area contributed by atoms with Gasteiger partial charge in [0.25, 0.3) is 5.91 Å². The summed E-state index contributed by atoms with van der Waals surface area (Å²) in [5.41, 5.74) is 1.60. The smallest absolute Gasteiger partial charge is 0.255 e. The molecule has 0 aromatic heterocycles. The maximum Gasteiger partial charge on any atom is 0.255 e. The second kappa shape index (κ2) is 4.63. The van der Waals surface area contributed by atoms with E-state index in [9.17, 15) is 9.90 Å². The number of hydrogen-bond acceptors (Lipinski definition) is 2. The van der Waals surface area contributed by atoms with Crippen molar-refractivity contribution in [3.63, 3.8) is 0 Å². The van der Waals surface area contributed by atoms with E-state index >= 15 is 0 Å². The molecule has 0 saturated heterocycles. The molecule has 0 unspecified atom stereocenters. The summed E-state index contributed by atoms with van der Waals surface area (Å²) in [6, 6.07) is 5.13. The molecule has 0 bridgehead atoms. The number of amides is 1. The highest BCUT2D eigenvalue weighted by molar-refractivity contribution is 5.96. The van der Waals surface area contributed by atoms with Crippen molar-refractivity contribution in [2.45, 2.75) is 33.6 Å².